The Morgan fingerprint density at radius 1 is 0.643 bits per heavy atom. The van der Waals surface area contributed by atoms with E-state index in [1.165, 1.54) is 58.8 Å². The van der Waals surface area contributed by atoms with E-state index in [-0.39, 0.29) is 0 Å². The minimum atomic E-state index is 1.24. The van der Waals surface area contributed by atoms with Gasteiger partial charge < -0.3 is 4.57 Å². The van der Waals surface area contributed by atoms with Gasteiger partial charge in [0.15, 0.2) is 0 Å². The van der Waals surface area contributed by atoms with Crippen LogP contribution in [0.5, 0.6) is 0 Å². The van der Waals surface area contributed by atoms with Crippen molar-refractivity contribution in [3.63, 3.8) is 0 Å². The highest BCUT2D eigenvalue weighted by Crippen LogP contribution is 2.39. The fourth-order valence-electron chi connectivity index (χ4n) is 4.47. The molecule has 4 aromatic carbocycles. The molecule has 2 heteroatoms. The van der Waals surface area contributed by atoms with Crippen LogP contribution in [0.2, 0.25) is 0 Å². The molecule has 0 bridgehead atoms. The number of rotatable bonds is 1. The van der Waals surface area contributed by atoms with E-state index in [1.54, 1.807) is 0 Å². The summed E-state index contributed by atoms with van der Waals surface area (Å²) < 4.78 is 5.17. The van der Waals surface area contributed by atoms with Gasteiger partial charge in [-0.3, -0.25) is 0 Å². The van der Waals surface area contributed by atoms with Gasteiger partial charge in [-0.15, -0.1) is 11.3 Å². The van der Waals surface area contributed by atoms with Crippen molar-refractivity contribution in [2.45, 2.75) is 13.8 Å². The largest absolute Gasteiger partial charge is 0.309 e. The summed E-state index contributed by atoms with van der Waals surface area (Å²) in [4.78, 5) is 0. The van der Waals surface area contributed by atoms with Crippen molar-refractivity contribution in [2.24, 2.45) is 0 Å². The second kappa shape index (κ2) is 5.70. The fourth-order valence-corrected chi connectivity index (χ4v) is 5.63. The SMILES string of the molecule is Cc1ccc2c(c1)c1ccccc1n2-c1cc(C)c2sc3ccccc3c2c1. The smallest absolute Gasteiger partial charge is 0.0541 e. The average molecular weight is 378 g/mol. The van der Waals surface area contributed by atoms with Crippen molar-refractivity contribution in [3.8, 4) is 5.69 Å². The first-order valence-corrected chi connectivity index (χ1v) is 10.4. The zero-order valence-electron chi connectivity index (χ0n) is 15.9. The molecule has 0 N–H and O–H groups in total. The molecule has 2 heterocycles. The molecule has 1 nitrogen and oxygen atoms in total. The maximum Gasteiger partial charge on any atom is 0.0541 e. The maximum absolute atomic E-state index is 2.42. The number of thiophene rings is 1. The molecule has 6 aromatic rings. The van der Waals surface area contributed by atoms with E-state index in [0.717, 1.165) is 0 Å². The van der Waals surface area contributed by atoms with E-state index >= 15 is 0 Å². The molecular formula is C26H19NS. The Balaban J connectivity index is 1.78. The molecule has 0 spiro atoms. The zero-order valence-corrected chi connectivity index (χ0v) is 16.7. The Morgan fingerprint density at radius 2 is 1.39 bits per heavy atom. The number of fused-ring (bicyclic) bond motifs is 6. The molecule has 0 atom stereocenters. The molecule has 0 amide bonds. The monoisotopic (exact) mass is 377 g/mol. The van der Waals surface area contributed by atoms with E-state index < -0.39 is 0 Å². The highest BCUT2D eigenvalue weighted by atomic mass is 32.1. The predicted molar refractivity (Wildman–Crippen MR) is 123 cm³/mol. The molecule has 0 unspecified atom stereocenters. The van der Waals surface area contributed by atoms with Crippen LogP contribution in [-0.4, -0.2) is 4.57 Å². The van der Waals surface area contributed by atoms with Crippen LogP contribution in [-0.2, 0) is 0 Å². The first-order valence-electron chi connectivity index (χ1n) is 9.63. The lowest BCUT2D eigenvalue weighted by atomic mass is 10.1. The van der Waals surface area contributed by atoms with Crippen molar-refractivity contribution < 1.29 is 0 Å². The molecule has 6 rings (SSSR count). The van der Waals surface area contributed by atoms with Gasteiger partial charge >= 0.3 is 0 Å². The molecule has 0 fully saturated rings. The summed E-state index contributed by atoms with van der Waals surface area (Å²) in [6, 6.07) is 29.0. The number of hydrogen-bond donors (Lipinski definition) is 0. The Kier molecular flexibility index (Phi) is 3.24. The lowest BCUT2D eigenvalue weighted by Gasteiger charge is -2.10. The highest BCUT2D eigenvalue weighted by molar-refractivity contribution is 7.26. The summed E-state index contributed by atoms with van der Waals surface area (Å²) in [7, 11) is 0. The van der Waals surface area contributed by atoms with Crippen molar-refractivity contribution in [1.82, 2.24) is 4.57 Å². The van der Waals surface area contributed by atoms with E-state index in [4.69, 9.17) is 0 Å². The van der Waals surface area contributed by atoms with Crippen molar-refractivity contribution >= 4 is 53.3 Å². The third kappa shape index (κ3) is 2.12. The lowest BCUT2D eigenvalue weighted by Crippen LogP contribution is -1.94. The molecule has 0 aliphatic rings. The van der Waals surface area contributed by atoms with Crippen LogP contribution in [0.1, 0.15) is 11.1 Å². The van der Waals surface area contributed by atoms with Crippen LogP contribution in [0.4, 0.5) is 0 Å². The fraction of sp³-hybridized carbons (Fsp3) is 0.0769. The number of nitrogens with zero attached hydrogens (tertiary/aromatic N) is 1. The maximum atomic E-state index is 2.42. The van der Waals surface area contributed by atoms with Gasteiger partial charge in [0.25, 0.3) is 0 Å². The van der Waals surface area contributed by atoms with Gasteiger partial charge in [0, 0.05) is 36.6 Å². The second-order valence-electron chi connectivity index (χ2n) is 7.61. The zero-order chi connectivity index (χ0) is 18.8. The summed E-state index contributed by atoms with van der Waals surface area (Å²) >= 11 is 1.89. The first kappa shape index (κ1) is 15.9. The summed E-state index contributed by atoms with van der Waals surface area (Å²) in [5.41, 5.74) is 6.41. The molecule has 28 heavy (non-hydrogen) atoms. The molecule has 134 valence electrons. The summed E-state index contributed by atoms with van der Waals surface area (Å²) in [6.45, 7) is 4.40. The van der Waals surface area contributed by atoms with Gasteiger partial charge in [0.2, 0.25) is 0 Å². The van der Waals surface area contributed by atoms with Crippen LogP contribution in [0, 0.1) is 13.8 Å². The second-order valence-corrected chi connectivity index (χ2v) is 8.66. The van der Waals surface area contributed by atoms with Crippen LogP contribution in [0.25, 0.3) is 47.7 Å². The summed E-state index contributed by atoms with van der Waals surface area (Å²) in [5.74, 6) is 0. The molecule has 0 aliphatic carbocycles. The number of aromatic nitrogens is 1. The summed E-state index contributed by atoms with van der Waals surface area (Å²) in [5, 5.41) is 5.34. The van der Waals surface area contributed by atoms with Gasteiger partial charge in [-0.2, -0.15) is 0 Å². The first-order chi connectivity index (χ1) is 13.7. The van der Waals surface area contributed by atoms with Gasteiger partial charge in [-0.1, -0.05) is 48.0 Å². The van der Waals surface area contributed by atoms with Crippen LogP contribution in [0.3, 0.4) is 0 Å². The number of para-hydroxylation sites is 1. The molecule has 0 saturated heterocycles. The molecule has 0 saturated carbocycles. The van der Waals surface area contributed by atoms with Crippen molar-refractivity contribution in [2.75, 3.05) is 0 Å². The minimum absolute atomic E-state index is 1.24. The quantitative estimate of drug-likeness (QED) is 0.276. The average Bonchev–Trinajstić information content (AvgIpc) is 3.24. The van der Waals surface area contributed by atoms with Gasteiger partial charge in [-0.05, 0) is 55.8 Å². The van der Waals surface area contributed by atoms with E-state index in [1.807, 2.05) is 11.3 Å². The van der Waals surface area contributed by atoms with E-state index in [2.05, 4.69) is 97.3 Å². The van der Waals surface area contributed by atoms with Gasteiger partial charge in [-0.25, -0.2) is 0 Å². The van der Waals surface area contributed by atoms with Crippen molar-refractivity contribution in [1.29, 1.82) is 0 Å². The van der Waals surface area contributed by atoms with E-state index in [9.17, 15) is 0 Å². The minimum Gasteiger partial charge on any atom is -0.309 e. The third-order valence-electron chi connectivity index (χ3n) is 5.73. The number of hydrogen-bond acceptors (Lipinski definition) is 1. The molecule has 0 radical (unpaired) electrons. The Morgan fingerprint density at radius 3 is 2.29 bits per heavy atom. The topological polar surface area (TPSA) is 4.93 Å². The van der Waals surface area contributed by atoms with Gasteiger partial charge in [0.1, 0.15) is 0 Å². The number of benzene rings is 4. The van der Waals surface area contributed by atoms with Crippen LogP contribution in [0.15, 0.2) is 78.9 Å². The Labute approximate surface area is 167 Å². The predicted octanol–water partition coefficient (Wildman–Crippen LogP) is 7.77. The lowest BCUT2D eigenvalue weighted by molar-refractivity contribution is 1.18. The van der Waals surface area contributed by atoms with Crippen LogP contribution < -0.4 is 0 Å². The Hall–Kier alpha value is -3.10. The van der Waals surface area contributed by atoms with E-state index in [0.29, 0.717) is 0 Å². The Bertz CT molecular complexity index is 1530. The summed E-state index contributed by atoms with van der Waals surface area (Å²) in [6.07, 6.45) is 0. The third-order valence-corrected chi connectivity index (χ3v) is 7.06. The number of aryl methyl sites for hydroxylation is 2. The molecule has 2 aromatic heterocycles. The van der Waals surface area contributed by atoms with Gasteiger partial charge in [0.05, 0.1) is 11.0 Å². The molecule has 0 aliphatic heterocycles. The van der Waals surface area contributed by atoms with Crippen LogP contribution >= 0.6 is 11.3 Å². The molecular weight excluding hydrogens is 358 g/mol. The normalized spacial score (nSPS) is 11.9. The standard InChI is InChI=1S/C26H19NS/c1-16-11-12-24-21(13-16)19-7-3-5-9-23(19)27(24)18-14-17(2)26-22(15-18)20-8-4-6-10-25(20)28-26/h3-15H,1-2H3. The highest BCUT2D eigenvalue weighted by Gasteiger charge is 2.15. The van der Waals surface area contributed by atoms with Crippen molar-refractivity contribution in [3.05, 3.63) is 90.0 Å².